The number of alkyl halides is 13. The fourth-order valence-electron chi connectivity index (χ4n) is 4.53. The fourth-order valence-corrected chi connectivity index (χ4v) is 4.53. The predicted molar refractivity (Wildman–Crippen MR) is 142 cm³/mol. The second kappa shape index (κ2) is 15.2. The van der Waals surface area contributed by atoms with Crippen LogP contribution in [-0.2, 0) is 6.42 Å². The van der Waals surface area contributed by atoms with Crippen molar-refractivity contribution in [2.24, 2.45) is 0 Å². The Balaban J connectivity index is 1.98. The lowest BCUT2D eigenvalue weighted by Gasteiger charge is -2.39. The number of aryl methyl sites for hydroxylation is 1. The SMILES string of the molecule is CCCCCCCCCc1cnccc1-c1cccc(OCCCCC(F)(F)C(F)(F)C(F)(F)C(F)(F)C(F)(F)C(F)(F)F)c1. The third kappa shape index (κ3) is 8.75. The van der Waals surface area contributed by atoms with Gasteiger partial charge < -0.3 is 4.74 Å². The molecule has 0 spiro atoms. The molecule has 0 unspecified atom stereocenters. The van der Waals surface area contributed by atoms with Gasteiger partial charge in [-0.2, -0.15) is 57.1 Å². The number of aromatic nitrogens is 1. The van der Waals surface area contributed by atoms with Gasteiger partial charge in [-0.25, -0.2) is 0 Å². The standard InChI is InChI=1S/C30H34F13NO/c1-2-3-4-5-6-7-8-12-22-20-44-17-15-24(22)21-13-11-14-23(19-21)45-18-10-9-16-25(31,32)26(33,34)27(35,36)28(37,38)29(39,40)30(41,42)43/h11,13-15,17,19-20H,2-10,12,16,18H2,1H3. The molecule has 1 heterocycles. The maximum absolute atomic E-state index is 14.0. The molecule has 1 aromatic heterocycles. The predicted octanol–water partition coefficient (Wildman–Crippen LogP) is 11.3. The molecule has 2 aromatic rings. The zero-order valence-electron chi connectivity index (χ0n) is 24.3. The summed E-state index contributed by atoms with van der Waals surface area (Å²) in [5.74, 6) is -36.5. The van der Waals surface area contributed by atoms with Crippen molar-refractivity contribution in [2.45, 2.75) is 113 Å². The molecule has 45 heavy (non-hydrogen) atoms. The van der Waals surface area contributed by atoms with Crippen LogP contribution in [0.3, 0.4) is 0 Å². The molecular weight excluding hydrogens is 637 g/mol. The van der Waals surface area contributed by atoms with Crippen LogP contribution in [0.25, 0.3) is 11.1 Å². The van der Waals surface area contributed by atoms with Crippen molar-refractivity contribution >= 4 is 0 Å². The van der Waals surface area contributed by atoms with Crippen LogP contribution in [0.4, 0.5) is 57.1 Å². The Bertz CT molecular complexity index is 1200. The topological polar surface area (TPSA) is 22.1 Å². The summed E-state index contributed by atoms with van der Waals surface area (Å²) >= 11 is 0. The highest BCUT2D eigenvalue weighted by Crippen LogP contribution is 2.60. The second-order valence-electron chi connectivity index (χ2n) is 10.7. The average molecular weight is 672 g/mol. The molecule has 15 heteroatoms. The Labute approximate surface area is 252 Å². The largest absolute Gasteiger partial charge is 0.494 e. The Morgan fingerprint density at radius 3 is 1.87 bits per heavy atom. The number of halogens is 13. The lowest BCUT2D eigenvalue weighted by Crippen LogP contribution is -2.70. The Morgan fingerprint density at radius 2 is 1.24 bits per heavy atom. The van der Waals surface area contributed by atoms with E-state index >= 15 is 0 Å². The highest BCUT2D eigenvalue weighted by Gasteiger charge is 2.90. The molecule has 2 nitrogen and oxygen atoms in total. The van der Waals surface area contributed by atoms with Crippen LogP contribution in [0.1, 0.15) is 76.7 Å². The highest BCUT2D eigenvalue weighted by molar-refractivity contribution is 5.68. The van der Waals surface area contributed by atoms with Crippen LogP contribution in [0.5, 0.6) is 5.75 Å². The quantitative estimate of drug-likeness (QED) is 0.110. The molecule has 0 saturated carbocycles. The number of hydrogen-bond donors (Lipinski definition) is 0. The molecule has 2 rings (SSSR count). The molecule has 1 aromatic carbocycles. The molecule has 0 atom stereocenters. The summed E-state index contributed by atoms with van der Waals surface area (Å²) in [4.78, 5) is 4.17. The van der Waals surface area contributed by atoms with Gasteiger partial charge in [-0.1, -0.05) is 57.6 Å². The molecular formula is C30H34F13NO. The van der Waals surface area contributed by atoms with Gasteiger partial charge in [-0.3, -0.25) is 4.98 Å². The Hall–Kier alpha value is -2.74. The first-order valence-electron chi connectivity index (χ1n) is 14.4. The summed E-state index contributed by atoms with van der Waals surface area (Å²) in [6, 6.07) is 8.29. The number of unbranched alkanes of at least 4 members (excludes halogenated alkanes) is 7. The van der Waals surface area contributed by atoms with Gasteiger partial charge in [-0.15, -0.1) is 0 Å². The molecule has 0 aliphatic carbocycles. The third-order valence-corrected chi connectivity index (χ3v) is 7.25. The number of nitrogens with zero attached hydrogens (tertiary/aromatic N) is 1. The first-order chi connectivity index (χ1) is 20.7. The van der Waals surface area contributed by atoms with Gasteiger partial charge in [0.15, 0.2) is 0 Å². The summed E-state index contributed by atoms with van der Waals surface area (Å²) in [6.07, 6.45) is 0.706. The van der Waals surface area contributed by atoms with E-state index < -0.39 is 61.7 Å². The minimum Gasteiger partial charge on any atom is -0.494 e. The van der Waals surface area contributed by atoms with E-state index in [0.29, 0.717) is 0 Å². The normalized spacial score (nSPS) is 13.7. The molecule has 0 radical (unpaired) electrons. The van der Waals surface area contributed by atoms with Gasteiger partial charge in [-0.05, 0) is 60.6 Å². The summed E-state index contributed by atoms with van der Waals surface area (Å²) in [5.41, 5.74) is 2.55. The van der Waals surface area contributed by atoms with E-state index in [9.17, 15) is 57.1 Å². The van der Waals surface area contributed by atoms with E-state index in [1.807, 2.05) is 0 Å². The first kappa shape index (κ1) is 38.4. The number of rotatable bonds is 19. The molecule has 0 N–H and O–H groups in total. The minimum absolute atomic E-state index is 0.226. The van der Waals surface area contributed by atoms with E-state index in [1.165, 1.54) is 18.9 Å². The summed E-state index contributed by atoms with van der Waals surface area (Å²) in [6.45, 7) is 1.72. The van der Waals surface area contributed by atoms with E-state index in [4.69, 9.17) is 4.74 Å². The van der Waals surface area contributed by atoms with Gasteiger partial charge in [0.1, 0.15) is 5.75 Å². The highest BCUT2D eigenvalue weighted by atomic mass is 19.4. The number of benzene rings is 1. The summed E-state index contributed by atoms with van der Waals surface area (Å²) in [5, 5.41) is 0. The molecule has 0 aliphatic rings. The zero-order chi connectivity index (χ0) is 34.2. The number of pyridine rings is 1. The monoisotopic (exact) mass is 671 g/mol. The van der Waals surface area contributed by atoms with E-state index in [2.05, 4.69) is 11.9 Å². The second-order valence-corrected chi connectivity index (χ2v) is 10.7. The maximum Gasteiger partial charge on any atom is 0.460 e. The molecule has 0 amide bonds. The van der Waals surface area contributed by atoms with Crippen LogP contribution in [0.2, 0.25) is 0 Å². The van der Waals surface area contributed by atoms with E-state index in [1.54, 1.807) is 36.7 Å². The Kier molecular flexibility index (Phi) is 13.0. The smallest absolute Gasteiger partial charge is 0.460 e. The Morgan fingerprint density at radius 1 is 0.644 bits per heavy atom. The van der Waals surface area contributed by atoms with Crippen LogP contribution in [0, 0.1) is 0 Å². The van der Waals surface area contributed by atoms with Crippen molar-refractivity contribution in [3.8, 4) is 16.9 Å². The van der Waals surface area contributed by atoms with Crippen molar-refractivity contribution in [3.63, 3.8) is 0 Å². The fraction of sp³-hybridized carbons (Fsp3) is 0.633. The van der Waals surface area contributed by atoms with Gasteiger partial charge in [0.25, 0.3) is 0 Å². The van der Waals surface area contributed by atoms with Crippen LogP contribution in [0.15, 0.2) is 42.7 Å². The van der Waals surface area contributed by atoms with Gasteiger partial charge in [0.2, 0.25) is 0 Å². The van der Waals surface area contributed by atoms with E-state index in [0.717, 1.165) is 55.2 Å². The van der Waals surface area contributed by atoms with Crippen LogP contribution < -0.4 is 4.74 Å². The van der Waals surface area contributed by atoms with Crippen LogP contribution in [-0.4, -0.2) is 47.4 Å². The molecule has 0 bridgehead atoms. The van der Waals surface area contributed by atoms with Crippen molar-refractivity contribution in [2.75, 3.05) is 6.61 Å². The zero-order valence-corrected chi connectivity index (χ0v) is 24.3. The molecule has 256 valence electrons. The lowest BCUT2D eigenvalue weighted by atomic mass is 9.92. The average Bonchev–Trinajstić information content (AvgIpc) is 2.96. The van der Waals surface area contributed by atoms with E-state index in [-0.39, 0.29) is 5.75 Å². The molecule has 0 aliphatic heterocycles. The van der Waals surface area contributed by atoms with Gasteiger partial charge in [0, 0.05) is 18.8 Å². The number of ether oxygens (including phenoxy) is 1. The third-order valence-electron chi connectivity index (χ3n) is 7.25. The van der Waals surface area contributed by atoms with Gasteiger partial charge in [0.05, 0.1) is 6.61 Å². The van der Waals surface area contributed by atoms with Crippen molar-refractivity contribution < 1.29 is 61.8 Å². The van der Waals surface area contributed by atoms with Crippen LogP contribution >= 0.6 is 0 Å². The van der Waals surface area contributed by atoms with Crippen molar-refractivity contribution in [1.29, 1.82) is 0 Å². The van der Waals surface area contributed by atoms with Gasteiger partial charge >= 0.3 is 35.8 Å². The van der Waals surface area contributed by atoms with Crippen molar-refractivity contribution in [1.82, 2.24) is 4.98 Å². The maximum atomic E-state index is 14.0. The lowest BCUT2D eigenvalue weighted by molar-refractivity contribution is -0.440. The number of hydrogen-bond acceptors (Lipinski definition) is 2. The minimum atomic E-state index is -7.89. The summed E-state index contributed by atoms with van der Waals surface area (Å²) in [7, 11) is 0. The molecule has 0 fully saturated rings. The molecule has 0 saturated heterocycles. The summed E-state index contributed by atoms with van der Waals surface area (Å²) < 4.78 is 178. The van der Waals surface area contributed by atoms with Crippen molar-refractivity contribution in [3.05, 3.63) is 48.3 Å². The first-order valence-corrected chi connectivity index (χ1v) is 14.4.